The monoisotopic (exact) mass is 259 g/mol. The first-order valence-corrected chi connectivity index (χ1v) is 5.40. The van der Waals surface area contributed by atoms with Crippen LogP contribution in [-0.4, -0.2) is 13.3 Å². The molecule has 6 heteroatoms. The Balaban J connectivity index is 1.83. The highest BCUT2D eigenvalue weighted by Crippen LogP contribution is 2.29. The minimum atomic E-state index is -4.28. The largest absolute Gasteiger partial charge is 0.459 e. The molecule has 1 aromatic carbocycles. The first-order valence-electron chi connectivity index (χ1n) is 5.40. The van der Waals surface area contributed by atoms with Gasteiger partial charge in [0.2, 0.25) is 12.7 Å². The Bertz CT molecular complexity index is 426. The third kappa shape index (κ3) is 3.32. The molecule has 1 N–H and O–H groups in total. The Morgan fingerprint density at radius 1 is 1.17 bits per heavy atom. The molecule has 1 heterocycles. The van der Waals surface area contributed by atoms with Gasteiger partial charge in [0.15, 0.2) is 0 Å². The zero-order chi connectivity index (χ0) is 13.0. The van der Waals surface area contributed by atoms with Gasteiger partial charge in [-0.3, -0.25) is 0 Å². The van der Waals surface area contributed by atoms with E-state index in [0.717, 1.165) is 17.7 Å². The Labute approximate surface area is 102 Å². The number of ether oxygens (including phenoxy) is 2. The van der Waals surface area contributed by atoms with Gasteiger partial charge in [-0.15, -0.1) is 0 Å². The summed E-state index contributed by atoms with van der Waals surface area (Å²) in [7, 11) is 0. The van der Waals surface area contributed by atoms with Crippen molar-refractivity contribution in [1.29, 1.82) is 0 Å². The van der Waals surface area contributed by atoms with Crippen LogP contribution in [-0.2, 0) is 22.1 Å². The summed E-state index contributed by atoms with van der Waals surface area (Å²) in [6.07, 6.45) is -2.21. The van der Waals surface area contributed by atoms with Crippen molar-refractivity contribution in [3.63, 3.8) is 0 Å². The number of hydrogen-bond donors (Lipinski definition) is 1. The van der Waals surface area contributed by atoms with E-state index < -0.39 is 11.7 Å². The number of nitrogens with one attached hydrogen (secondary N) is 1. The smallest absolute Gasteiger partial charge is 0.416 e. The van der Waals surface area contributed by atoms with Crippen LogP contribution >= 0.6 is 0 Å². The second-order valence-corrected chi connectivity index (χ2v) is 3.78. The lowest BCUT2D eigenvalue weighted by molar-refractivity contribution is -0.137. The molecular weight excluding hydrogens is 247 g/mol. The maximum Gasteiger partial charge on any atom is 0.416 e. The fourth-order valence-corrected chi connectivity index (χ4v) is 1.52. The fraction of sp³-hybridized carbons (Fsp3) is 0.333. The molecule has 1 aromatic rings. The topological polar surface area (TPSA) is 30.5 Å². The van der Waals surface area contributed by atoms with Gasteiger partial charge in [-0.25, -0.2) is 0 Å². The number of benzene rings is 1. The van der Waals surface area contributed by atoms with Crippen LogP contribution in [0.25, 0.3) is 0 Å². The van der Waals surface area contributed by atoms with Gasteiger partial charge < -0.3 is 14.8 Å². The quantitative estimate of drug-likeness (QED) is 0.901. The Hall–Kier alpha value is -1.85. The first-order chi connectivity index (χ1) is 8.55. The van der Waals surface area contributed by atoms with Crippen LogP contribution in [0.15, 0.2) is 36.4 Å². The van der Waals surface area contributed by atoms with Gasteiger partial charge in [-0.1, -0.05) is 12.1 Å². The van der Waals surface area contributed by atoms with Crippen LogP contribution in [0.1, 0.15) is 11.1 Å². The van der Waals surface area contributed by atoms with Crippen molar-refractivity contribution < 1.29 is 22.6 Å². The summed E-state index contributed by atoms with van der Waals surface area (Å²) >= 11 is 0. The Kier molecular flexibility index (Phi) is 3.64. The van der Waals surface area contributed by atoms with Crippen LogP contribution in [0.4, 0.5) is 13.2 Å². The Morgan fingerprint density at radius 3 is 2.44 bits per heavy atom. The molecule has 1 aliphatic rings. The van der Waals surface area contributed by atoms with E-state index in [0.29, 0.717) is 18.8 Å². The summed E-state index contributed by atoms with van der Waals surface area (Å²) in [5.74, 6) is 0.543. The zero-order valence-corrected chi connectivity index (χ0v) is 9.46. The maximum atomic E-state index is 12.3. The average molecular weight is 259 g/mol. The average Bonchev–Trinajstić information content (AvgIpc) is 2.82. The minimum Gasteiger partial charge on any atom is -0.459 e. The van der Waals surface area contributed by atoms with Gasteiger partial charge in [-0.2, -0.15) is 13.2 Å². The number of alkyl halides is 3. The highest BCUT2D eigenvalue weighted by molar-refractivity contribution is 5.24. The van der Waals surface area contributed by atoms with Crippen molar-refractivity contribution in [2.45, 2.75) is 12.6 Å². The highest BCUT2D eigenvalue weighted by atomic mass is 19.4. The second-order valence-electron chi connectivity index (χ2n) is 3.78. The van der Waals surface area contributed by atoms with Crippen molar-refractivity contribution in [3.05, 3.63) is 47.5 Å². The first kappa shape index (κ1) is 12.6. The van der Waals surface area contributed by atoms with Crippen LogP contribution in [0.3, 0.4) is 0 Å². The molecule has 0 unspecified atom stereocenters. The summed E-state index contributed by atoms with van der Waals surface area (Å²) < 4.78 is 46.9. The number of rotatable bonds is 4. The van der Waals surface area contributed by atoms with Gasteiger partial charge >= 0.3 is 6.18 Å². The highest BCUT2D eigenvalue weighted by Gasteiger charge is 2.29. The molecule has 0 radical (unpaired) electrons. The van der Waals surface area contributed by atoms with E-state index in [1.165, 1.54) is 18.4 Å². The van der Waals surface area contributed by atoms with Crippen molar-refractivity contribution in [3.8, 4) is 0 Å². The van der Waals surface area contributed by atoms with Crippen LogP contribution in [0.5, 0.6) is 0 Å². The van der Waals surface area contributed by atoms with E-state index >= 15 is 0 Å². The van der Waals surface area contributed by atoms with Gasteiger partial charge in [0, 0.05) is 6.54 Å². The molecule has 0 saturated carbocycles. The fourth-order valence-electron chi connectivity index (χ4n) is 1.52. The zero-order valence-electron chi connectivity index (χ0n) is 9.46. The molecule has 0 saturated heterocycles. The minimum absolute atomic E-state index is 0.197. The van der Waals surface area contributed by atoms with Crippen molar-refractivity contribution in [1.82, 2.24) is 5.32 Å². The lowest BCUT2D eigenvalue weighted by Gasteiger charge is -2.08. The molecule has 1 aliphatic heterocycles. The molecule has 3 nitrogen and oxygen atoms in total. The standard InChI is InChI=1S/C12H12F3NO2/c13-12(14,15)10-3-1-9(2-4-10)5-6-16-11-7-17-8-18-11/h1-4,7,16H,5-6,8H2. The summed E-state index contributed by atoms with van der Waals surface area (Å²) in [4.78, 5) is 0. The number of halogens is 3. The number of hydrogen-bond acceptors (Lipinski definition) is 3. The second kappa shape index (κ2) is 5.20. The molecular formula is C12H12F3NO2. The van der Waals surface area contributed by atoms with Gasteiger partial charge in [-0.05, 0) is 24.1 Å². The third-order valence-corrected chi connectivity index (χ3v) is 2.47. The van der Waals surface area contributed by atoms with Crippen molar-refractivity contribution >= 4 is 0 Å². The van der Waals surface area contributed by atoms with Crippen LogP contribution in [0, 0.1) is 0 Å². The predicted octanol–water partition coefficient (Wildman–Crippen LogP) is 2.64. The lowest BCUT2D eigenvalue weighted by atomic mass is 10.1. The van der Waals surface area contributed by atoms with E-state index in [9.17, 15) is 13.2 Å². The SMILES string of the molecule is FC(F)(F)c1ccc(CCNC2=COCO2)cc1. The summed E-state index contributed by atoms with van der Waals surface area (Å²) in [5.41, 5.74) is 0.199. The molecule has 98 valence electrons. The van der Waals surface area contributed by atoms with Gasteiger partial charge in [0.25, 0.3) is 0 Å². The summed E-state index contributed by atoms with van der Waals surface area (Å²) in [5, 5.41) is 2.97. The van der Waals surface area contributed by atoms with Crippen LogP contribution < -0.4 is 5.32 Å². The summed E-state index contributed by atoms with van der Waals surface area (Å²) in [6, 6.07) is 5.13. The molecule has 0 atom stereocenters. The van der Waals surface area contributed by atoms with E-state index in [-0.39, 0.29) is 6.79 Å². The normalized spacial score (nSPS) is 14.7. The maximum absolute atomic E-state index is 12.3. The Morgan fingerprint density at radius 2 is 1.89 bits per heavy atom. The molecule has 18 heavy (non-hydrogen) atoms. The third-order valence-electron chi connectivity index (χ3n) is 2.47. The van der Waals surface area contributed by atoms with E-state index in [1.807, 2.05) is 0 Å². The molecule has 2 rings (SSSR count). The van der Waals surface area contributed by atoms with E-state index in [1.54, 1.807) is 0 Å². The van der Waals surface area contributed by atoms with Crippen molar-refractivity contribution in [2.75, 3.05) is 13.3 Å². The predicted molar refractivity (Wildman–Crippen MR) is 58.3 cm³/mol. The van der Waals surface area contributed by atoms with Crippen LogP contribution in [0.2, 0.25) is 0 Å². The lowest BCUT2D eigenvalue weighted by Crippen LogP contribution is -2.17. The van der Waals surface area contributed by atoms with Gasteiger partial charge in [0.05, 0.1) is 5.56 Å². The molecule has 0 spiro atoms. The van der Waals surface area contributed by atoms with E-state index in [4.69, 9.17) is 9.47 Å². The molecule has 0 aromatic heterocycles. The molecule has 0 amide bonds. The molecule has 0 bridgehead atoms. The van der Waals surface area contributed by atoms with E-state index in [2.05, 4.69) is 5.32 Å². The molecule has 0 aliphatic carbocycles. The van der Waals surface area contributed by atoms with Crippen molar-refractivity contribution in [2.24, 2.45) is 0 Å². The van der Waals surface area contributed by atoms with Gasteiger partial charge in [0.1, 0.15) is 6.26 Å². The molecule has 0 fully saturated rings. The summed E-state index contributed by atoms with van der Waals surface area (Å²) in [6.45, 7) is 0.767.